The van der Waals surface area contributed by atoms with Crippen LogP contribution in [0.2, 0.25) is 0 Å². The molecule has 49 heavy (non-hydrogen) atoms. The van der Waals surface area contributed by atoms with E-state index in [1.807, 2.05) is 29.9 Å². The van der Waals surface area contributed by atoms with Gasteiger partial charge in [0.15, 0.2) is 0 Å². The number of nitrogens with zero attached hydrogens (tertiary/aromatic N) is 9. The van der Waals surface area contributed by atoms with Gasteiger partial charge >= 0.3 is 0 Å². The van der Waals surface area contributed by atoms with Gasteiger partial charge in [-0.2, -0.15) is 10.4 Å². The molecule has 4 heterocycles. The Balaban J connectivity index is 1.11. The lowest BCUT2D eigenvalue weighted by Gasteiger charge is -2.38. The molecule has 2 aliphatic rings. The maximum absolute atomic E-state index is 9.67. The molecule has 3 aromatic heterocycles. The van der Waals surface area contributed by atoms with E-state index in [4.69, 9.17) is 24.0 Å². The van der Waals surface area contributed by atoms with E-state index >= 15 is 0 Å². The van der Waals surface area contributed by atoms with Crippen molar-refractivity contribution in [1.29, 1.82) is 5.26 Å². The molecule has 2 fully saturated rings. The van der Waals surface area contributed by atoms with Crippen molar-refractivity contribution < 1.29 is 18.9 Å². The minimum absolute atomic E-state index is 0.231. The highest BCUT2D eigenvalue weighted by Crippen LogP contribution is 2.35. The molecule has 2 atom stereocenters. The lowest BCUT2D eigenvalue weighted by atomic mass is 9.89. The minimum Gasteiger partial charge on any atom is -0.487 e. The van der Waals surface area contributed by atoms with Crippen LogP contribution in [0.15, 0.2) is 49.4 Å². The minimum atomic E-state index is -0.231. The van der Waals surface area contributed by atoms with Gasteiger partial charge in [0.05, 0.1) is 37.6 Å². The van der Waals surface area contributed by atoms with Crippen LogP contribution in [0.4, 0.5) is 11.6 Å². The third-order valence-electron chi connectivity index (χ3n) is 9.38. The number of likely N-dealkylation sites (N-methyl/N-ethyl adjacent to an activating group) is 1. The van der Waals surface area contributed by atoms with Crippen LogP contribution in [0.3, 0.4) is 0 Å². The molecule has 1 aliphatic heterocycles. The van der Waals surface area contributed by atoms with Crippen LogP contribution >= 0.6 is 0 Å². The number of anilines is 2. The number of hydrogen-bond acceptors (Lipinski definition) is 12. The summed E-state index contributed by atoms with van der Waals surface area (Å²) < 4.78 is 26.9. The second-order valence-electron chi connectivity index (χ2n) is 12.8. The van der Waals surface area contributed by atoms with Crippen molar-refractivity contribution in [2.45, 2.75) is 82.6 Å². The highest BCUT2D eigenvalue weighted by molar-refractivity contribution is 5.67. The summed E-state index contributed by atoms with van der Waals surface area (Å²) >= 11 is 0. The molecule has 0 unspecified atom stereocenters. The summed E-state index contributed by atoms with van der Waals surface area (Å²) in [5, 5.41) is 22.0. The van der Waals surface area contributed by atoms with E-state index in [-0.39, 0.29) is 12.1 Å². The number of aromatic nitrogens is 7. The predicted octanol–water partition coefficient (Wildman–Crippen LogP) is 5.02. The van der Waals surface area contributed by atoms with Crippen LogP contribution in [0.1, 0.15) is 63.5 Å². The van der Waals surface area contributed by atoms with Gasteiger partial charge in [-0.05, 0) is 76.6 Å². The highest BCUT2D eigenvalue weighted by Gasteiger charge is 2.30. The summed E-state index contributed by atoms with van der Waals surface area (Å²) in [6.45, 7) is 4.98. The van der Waals surface area contributed by atoms with Crippen molar-refractivity contribution in [2.75, 3.05) is 45.9 Å². The van der Waals surface area contributed by atoms with E-state index in [1.54, 1.807) is 36.6 Å². The molecular formula is C35H46N10O4. The molecule has 14 heteroatoms. The second kappa shape index (κ2) is 16.7. The summed E-state index contributed by atoms with van der Waals surface area (Å²) in [6, 6.07) is 9.00. The van der Waals surface area contributed by atoms with Crippen molar-refractivity contribution in [3.05, 3.63) is 55.0 Å². The van der Waals surface area contributed by atoms with E-state index in [0.29, 0.717) is 60.7 Å². The molecule has 0 spiro atoms. The van der Waals surface area contributed by atoms with Crippen molar-refractivity contribution in [3.63, 3.8) is 0 Å². The van der Waals surface area contributed by atoms with E-state index in [0.717, 1.165) is 56.4 Å². The van der Waals surface area contributed by atoms with Gasteiger partial charge in [0.25, 0.3) is 5.88 Å². The van der Waals surface area contributed by atoms with E-state index in [1.165, 1.54) is 19.2 Å². The quantitative estimate of drug-likeness (QED) is 0.179. The first kappa shape index (κ1) is 34.3. The fraction of sp³-hybridized carbons (Fsp3) is 0.543. The zero-order chi connectivity index (χ0) is 34.0. The number of ether oxygens (including phenoxy) is 4. The third kappa shape index (κ3) is 8.91. The monoisotopic (exact) mass is 670 g/mol. The van der Waals surface area contributed by atoms with Gasteiger partial charge in [0, 0.05) is 43.8 Å². The number of rotatable bonds is 14. The summed E-state index contributed by atoms with van der Waals surface area (Å²) in [4.78, 5) is 15.7. The second-order valence-corrected chi connectivity index (χ2v) is 12.8. The van der Waals surface area contributed by atoms with Gasteiger partial charge in [0.2, 0.25) is 5.95 Å². The van der Waals surface area contributed by atoms with Crippen molar-refractivity contribution in [2.24, 2.45) is 0 Å². The Bertz CT molecular complexity index is 1640. The Labute approximate surface area is 287 Å². The largest absolute Gasteiger partial charge is 0.487 e. The van der Waals surface area contributed by atoms with Crippen LogP contribution in [0.25, 0.3) is 11.1 Å². The molecule has 0 radical (unpaired) electrons. The zero-order valence-electron chi connectivity index (χ0n) is 28.6. The molecular weight excluding hydrogens is 624 g/mol. The smallest absolute Gasteiger partial charge is 0.257 e. The van der Waals surface area contributed by atoms with Crippen LogP contribution in [0.5, 0.6) is 11.6 Å². The molecule has 260 valence electrons. The number of nitrogens with one attached hydrogen (secondary N) is 1. The molecule has 1 N–H and O–H groups in total. The van der Waals surface area contributed by atoms with Crippen LogP contribution in [-0.2, 0) is 16.0 Å². The average Bonchev–Trinajstić information content (AvgIpc) is 3.69. The average molecular weight is 671 g/mol. The van der Waals surface area contributed by atoms with E-state index < -0.39 is 0 Å². The van der Waals surface area contributed by atoms with Crippen molar-refractivity contribution in [3.8, 4) is 28.8 Å². The first-order valence-corrected chi connectivity index (χ1v) is 17.1. The molecule has 0 amide bonds. The molecule has 1 aromatic carbocycles. The summed E-state index contributed by atoms with van der Waals surface area (Å²) in [5.41, 5.74) is 2.77. The maximum Gasteiger partial charge on any atom is 0.257 e. The van der Waals surface area contributed by atoms with Crippen LogP contribution in [0, 0.1) is 11.3 Å². The Morgan fingerprint density at radius 2 is 1.92 bits per heavy atom. The first-order valence-electron chi connectivity index (χ1n) is 17.1. The van der Waals surface area contributed by atoms with E-state index in [9.17, 15) is 5.26 Å². The Morgan fingerprint density at radius 1 is 1.08 bits per heavy atom. The van der Waals surface area contributed by atoms with Crippen LogP contribution in [-0.4, -0.2) is 98.2 Å². The molecule has 1 saturated carbocycles. The maximum atomic E-state index is 9.67. The molecule has 0 bridgehead atoms. The van der Waals surface area contributed by atoms with Crippen LogP contribution < -0.4 is 14.8 Å². The topological polar surface area (TPSA) is 150 Å². The summed E-state index contributed by atoms with van der Waals surface area (Å²) in [5.74, 6) is 1.40. The lowest BCUT2D eigenvalue weighted by Crippen LogP contribution is -2.44. The van der Waals surface area contributed by atoms with Gasteiger partial charge < -0.3 is 24.3 Å². The number of methoxy groups -OCH3 is 1. The highest BCUT2D eigenvalue weighted by atomic mass is 16.5. The Hall–Kier alpha value is -4.58. The fourth-order valence-corrected chi connectivity index (χ4v) is 6.61. The molecule has 1 aliphatic carbocycles. The number of hydrogen-bond donors (Lipinski definition) is 1. The van der Waals surface area contributed by atoms with Gasteiger partial charge in [-0.1, -0.05) is 6.07 Å². The first-order chi connectivity index (χ1) is 24.0. The number of benzene rings is 1. The molecule has 1 saturated heterocycles. The van der Waals surface area contributed by atoms with Gasteiger partial charge in [0.1, 0.15) is 42.9 Å². The molecule has 4 aromatic rings. The molecule has 14 nitrogen and oxygen atoms in total. The van der Waals surface area contributed by atoms with Gasteiger partial charge in [-0.3, -0.25) is 9.58 Å². The van der Waals surface area contributed by atoms with E-state index in [2.05, 4.69) is 43.4 Å². The third-order valence-corrected chi connectivity index (χ3v) is 9.38. The van der Waals surface area contributed by atoms with Crippen molar-refractivity contribution in [1.82, 2.24) is 39.4 Å². The summed E-state index contributed by atoms with van der Waals surface area (Å²) in [6.07, 6.45) is 16.3. The predicted molar refractivity (Wildman–Crippen MR) is 183 cm³/mol. The lowest BCUT2D eigenvalue weighted by molar-refractivity contribution is 0.0499. The van der Waals surface area contributed by atoms with Crippen molar-refractivity contribution >= 4 is 11.6 Å². The zero-order valence-corrected chi connectivity index (χ0v) is 28.6. The normalized spacial score (nSPS) is 20.3. The number of nitriles is 1. The van der Waals surface area contributed by atoms with Gasteiger partial charge in [-0.25, -0.2) is 19.6 Å². The SMILES string of the molecule is COCCOc1nn([C@H]2CC[C@H](N(C)[C@@H]3CCCCOC3)CC2)cc1Nc1ncc(-c2ccc(C#N)c(O[C@@H](C)Cn3cncn3)c2)cn1. The standard InChI is InChI=1S/C35H46N10O4/c1-25(20-44-24-37-23-40-44)49-33-16-26(7-8-27(33)17-36)28-18-38-35(39-19-28)41-32-21-45(42-34(32)48-15-14-46-3)30-11-9-29(10-12-30)43(2)31-6-4-5-13-47-22-31/h7-8,16,18-19,21,23-25,29-31H,4-6,9-15,20,22H2,1-3H3,(H,38,39,41)/t25-,29-,30-,31+/m0/s1. The van der Waals surface area contributed by atoms with Gasteiger partial charge in [-0.15, -0.1) is 5.10 Å². The Kier molecular flexibility index (Phi) is 11.7. The Morgan fingerprint density at radius 3 is 2.67 bits per heavy atom. The molecule has 6 rings (SSSR count). The fourth-order valence-electron chi connectivity index (χ4n) is 6.61. The summed E-state index contributed by atoms with van der Waals surface area (Å²) in [7, 11) is 3.92.